The fourth-order valence-electron chi connectivity index (χ4n) is 4.46. The van der Waals surface area contributed by atoms with Crippen molar-refractivity contribution in [2.75, 3.05) is 7.11 Å². The van der Waals surface area contributed by atoms with Crippen LogP contribution in [0.1, 0.15) is 31.8 Å². The Morgan fingerprint density at radius 2 is 1.62 bits per heavy atom. The molecule has 0 saturated carbocycles. The average Bonchev–Trinajstić information content (AvgIpc) is 3.34. The van der Waals surface area contributed by atoms with Crippen LogP contribution >= 0.6 is 0 Å². The summed E-state index contributed by atoms with van der Waals surface area (Å²) < 4.78 is 7.46. The van der Waals surface area contributed by atoms with Crippen molar-refractivity contribution in [3.8, 4) is 16.9 Å². The molecule has 2 N–H and O–H groups in total. The minimum absolute atomic E-state index is 0.198. The Bertz CT molecular complexity index is 1570. The molecule has 6 heteroatoms. The summed E-state index contributed by atoms with van der Waals surface area (Å²) in [6, 6.07) is 30.4. The van der Waals surface area contributed by atoms with Crippen LogP contribution in [0.25, 0.3) is 22.0 Å². The molecular weight excluding hydrogens is 464 g/mol. The number of benzene rings is 4. The van der Waals surface area contributed by atoms with Gasteiger partial charge in [-0.3, -0.25) is 4.79 Å². The first kappa shape index (κ1) is 23.9. The number of carbonyl (C=O) groups is 2. The van der Waals surface area contributed by atoms with Gasteiger partial charge >= 0.3 is 5.97 Å². The van der Waals surface area contributed by atoms with Crippen LogP contribution in [-0.2, 0) is 13.1 Å². The van der Waals surface area contributed by atoms with Crippen molar-refractivity contribution in [2.45, 2.75) is 13.1 Å². The Kier molecular flexibility index (Phi) is 6.72. The molecule has 0 aliphatic rings. The van der Waals surface area contributed by atoms with Crippen molar-refractivity contribution < 1.29 is 19.4 Å². The highest BCUT2D eigenvalue weighted by Gasteiger charge is 2.17. The molecule has 6 nitrogen and oxygen atoms in total. The van der Waals surface area contributed by atoms with Gasteiger partial charge in [-0.15, -0.1) is 0 Å². The maximum atomic E-state index is 13.6. The van der Waals surface area contributed by atoms with E-state index in [1.54, 1.807) is 19.2 Å². The zero-order valence-electron chi connectivity index (χ0n) is 20.3. The summed E-state index contributed by atoms with van der Waals surface area (Å²) in [6.45, 7) is 0.870. The number of nitrogens with zero attached hydrogens (tertiary/aromatic N) is 1. The normalized spacial score (nSPS) is 10.8. The van der Waals surface area contributed by atoms with E-state index in [0.717, 1.165) is 38.9 Å². The highest BCUT2D eigenvalue weighted by molar-refractivity contribution is 6.07. The fraction of sp³-hybridized carbons (Fsp3) is 0.0968. The summed E-state index contributed by atoms with van der Waals surface area (Å²) in [7, 11) is 1.65. The van der Waals surface area contributed by atoms with Gasteiger partial charge in [0.05, 0.1) is 23.8 Å². The second-order valence-corrected chi connectivity index (χ2v) is 8.81. The topological polar surface area (TPSA) is 80.6 Å². The third-order valence-corrected chi connectivity index (χ3v) is 6.35. The van der Waals surface area contributed by atoms with Crippen LogP contribution in [0.15, 0.2) is 103 Å². The summed E-state index contributed by atoms with van der Waals surface area (Å²) in [5.74, 6) is -0.393. The number of carboxylic acid groups (broad SMARTS) is 1. The van der Waals surface area contributed by atoms with Crippen molar-refractivity contribution in [3.05, 3.63) is 126 Å². The van der Waals surface area contributed by atoms with Crippen LogP contribution < -0.4 is 10.1 Å². The predicted molar refractivity (Wildman–Crippen MR) is 144 cm³/mol. The molecule has 5 rings (SSSR count). The van der Waals surface area contributed by atoms with Crippen molar-refractivity contribution in [1.82, 2.24) is 9.88 Å². The van der Waals surface area contributed by atoms with Gasteiger partial charge in [-0.1, -0.05) is 54.6 Å². The van der Waals surface area contributed by atoms with E-state index in [0.29, 0.717) is 12.1 Å². The third kappa shape index (κ3) is 5.23. The van der Waals surface area contributed by atoms with Gasteiger partial charge in [0.1, 0.15) is 5.75 Å². The molecule has 0 aliphatic carbocycles. The van der Waals surface area contributed by atoms with Gasteiger partial charge in [0.25, 0.3) is 5.91 Å². The van der Waals surface area contributed by atoms with E-state index >= 15 is 0 Å². The average molecular weight is 491 g/mol. The number of hydrogen-bond acceptors (Lipinski definition) is 3. The van der Waals surface area contributed by atoms with Crippen molar-refractivity contribution in [1.29, 1.82) is 0 Å². The lowest BCUT2D eigenvalue weighted by Crippen LogP contribution is -2.23. The maximum Gasteiger partial charge on any atom is 0.335 e. The van der Waals surface area contributed by atoms with Crippen LogP contribution in [0.5, 0.6) is 5.75 Å². The van der Waals surface area contributed by atoms with Gasteiger partial charge in [0.15, 0.2) is 0 Å². The van der Waals surface area contributed by atoms with E-state index in [9.17, 15) is 9.59 Å². The van der Waals surface area contributed by atoms with Gasteiger partial charge in [0, 0.05) is 24.7 Å². The molecule has 1 heterocycles. The minimum Gasteiger partial charge on any atom is -0.497 e. The zero-order valence-corrected chi connectivity index (χ0v) is 20.3. The number of aromatic carboxylic acids is 1. The first-order valence-corrected chi connectivity index (χ1v) is 11.9. The van der Waals surface area contributed by atoms with E-state index in [1.165, 1.54) is 12.1 Å². The van der Waals surface area contributed by atoms with Crippen molar-refractivity contribution in [2.24, 2.45) is 0 Å². The van der Waals surface area contributed by atoms with Crippen molar-refractivity contribution >= 4 is 22.8 Å². The second-order valence-electron chi connectivity index (χ2n) is 8.81. The van der Waals surface area contributed by atoms with E-state index in [2.05, 4.69) is 16.0 Å². The number of methoxy groups -OCH3 is 1. The minimum atomic E-state index is -0.979. The Labute approximate surface area is 214 Å². The molecule has 0 fully saturated rings. The molecule has 4 aromatic carbocycles. The number of fused-ring (bicyclic) bond motifs is 1. The zero-order chi connectivity index (χ0) is 25.8. The lowest BCUT2D eigenvalue weighted by Gasteiger charge is -2.14. The van der Waals surface area contributed by atoms with E-state index in [1.807, 2.05) is 72.9 Å². The molecule has 37 heavy (non-hydrogen) atoms. The number of carboxylic acids is 1. The van der Waals surface area contributed by atoms with Crippen LogP contribution in [0.3, 0.4) is 0 Å². The van der Waals surface area contributed by atoms with Crippen LogP contribution in [0.2, 0.25) is 0 Å². The Morgan fingerprint density at radius 3 is 2.35 bits per heavy atom. The van der Waals surface area contributed by atoms with Gasteiger partial charge in [0.2, 0.25) is 0 Å². The maximum absolute atomic E-state index is 13.6. The largest absolute Gasteiger partial charge is 0.497 e. The smallest absolute Gasteiger partial charge is 0.335 e. The highest BCUT2D eigenvalue weighted by Crippen LogP contribution is 2.30. The molecule has 0 atom stereocenters. The summed E-state index contributed by atoms with van der Waals surface area (Å²) in [6.07, 6.45) is 2.00. The number of amides is 1. The Morgan fingerprint density at radius 1 is 0.838 bits per heavy atom. The molecular formula is C31H26N2O4. The number of carbonyl (C=O) groups excluding carboxylic acids is 1. The lowest BCUT2D eigenvalue weighted by molar-refractivity contribution is 0.0696. The number of ether oxygens (including phenoxy) is 1. The quantitative estimate of drug-likeness (QED) is 0.280. The molecule has 0 unspecified atom stereocenters. The lowest BCUT2D eigenvalue weighted by atomic mass is 9.99. The summed E-state index contributed by atoms with van der Waals surface area (Å²) in [5.41, 5.74) is 5.51. The summed E-state index contributed by atoms with van der Waals surface area (Å²) in [5, 5.41) is 13.1. The van der Waals surface area contributed by atoms with Crippen LogP contribution in [0.4, 0.5) is 0 Å². The number of rotatable bonds is 8. The predicted octanol–water partition coefficient (Wildman–Crippen LogP) is 5.99. The van der Waals surface area contributed by atoms with Crippen LogP contribution in [0, 0.1) is 0 Å². The van der Waals surface area contributed by atoms with Gasteiger partial charge in [-0.2, -0.15) is 0 Å². The Balaban J connectivity index is 1.51. The first-order valence-electron chi connectivity index (χ1n) is 11.9. The fourth-order valence-corrected chi connectivity index (χ4v) is 4.46. The van der Waals surface area contributed by atoms with Gasteiger partial charge < -0.3 is 19.7 Å². The van der Waals surface area contributed by atoms with E-state index < -0.39 is 5.97 Å². The monoisotopic (exact) mass is 490 g/mol. The Hall–Kier alpha value is -4.84. The van der Waals surface area contributed by atoms with E-state index in [4.69, 9.17) is 9.84 Å². The molecule has 5 aromatic rings. The molecule has 184 valence electrons. The summed E-state index contributed by atoms with van der Waals surface area (Å²) >= 11 is 0. The first-order chi connectivity index (χ1) is 18.0. The summed E-state index contributed by atoms with van der Waals surface area (Å²) in [4.78, 5) is 24.7. The third-order valence-electron chi connectivity index (χ3n) is 6.35. The number of nitrogens with one attached hydrogen (secondary N) is 1. The molecule has 1 amide bonds. The molecule has 0 bridgehead atoms. The van der Waals surface area contributed by atoms with Crippen molar-refractivity contribution in [3.63, 3.8) is 0 Å². The molecule has 0 radical (unpaired) electrons. The molecule has 0 aliphatic heterocycles. The molecule has 0 spiro atoms. The van der Waals surface area contributed by atoms with Gasteiger partial charge in [-0.05, 0) is 64.7 Å². The number of aromatic nitrogens is 1. The standard InChI is InChI=1S/C31H26N2O4/c1-37-27-9-5-6-22(16-27)20-33-15-14-25-17-26(23-7-3-2-4-8-23)18-28(29(25)33)30(34)32-19-21-10-12-24(13-11-21)31(35)36/h2-18H,19-20H2,1H3,(H,32,34)(H,35,36). The SMILES string of the molecule is COc1cccc(Cn2ccc3cc(-c4ccccc4)cc(C(=O)NCc4ccc(C(=O)O)cc4)c32)c1. The second kappa shape index (κ2) is 10.4. The highest BCUT2D eigenvalue weighted by atomic mass is 16.5. The molecule has 0 saturated heterocycles. The van der Waals surface area contributed by atoms with E-state index in [-0.39, 0.29) is 18.0 Å². The van der Waals surface area contributed by atoms with Gasteiger partial charge in [-0.25, -0.2) is 4.79 Å². The number of hydrogen-bond donors (Lipinski definition) is 2. The van der Waals surface area contributed by atoms with Crippen LogP contribution in [-0.4, -0.2) is 28.7 Å². The molecule has 1 aromatic heterocycles.